The van der Waals surface area contributed by atoms with Gasteiger partial charge in [-0.1, -0.05) is 25.5 Å². The van der Waals surface area contributed by atoms with Gasteiger partial charge in [-0.25, -0.2) is 9.78 Å². The van der Waals surface area contributed by atoms with Crippen molar-refractivity contribution in [2.24, 2.45) is 14.1 Å². The second kappa shape index (κ2) is 6.93. The van der Waals surface area contributed by atoms with E-state index in [0.29, 0.717) is 16.7 Å². The fourth-order valence-corrected chi connectivity index (χ4v) is 2.88. The van der Waals surface area contributed by atoms with Gasteiger partial charge in [-0.3, -0.25) is 13.9 Å². The number of hydrogen-bond acceptors (Lipinski definition) is 4. The summed E-state index contributed by atoms with van der Waals surface area (Å²) in [5.41, 5.74) is 2.46. The maximum atomic E-state index is 12.6. The van der Waals surface area contributed by atoms with Crippen molar-refractivity contribution < 1.29 is 0 Å². The van der Waals surface area contributed by atoms with Crippen LogP contribution in [0, 0.1) is 0 Å². The Morgan fingerprint density at radius 1 is 1.04 bits per heavy atom. The molecule has 0 saturated carbocycles. The Labute approximate surface area is 145 Å². The Balaban J connectivity index is 2.02. The first-order chi connectivity index (χ1) is 12.0. The van der Waals surface area contributed by atoms with E-state index in [-0.39, 0.29) is 11.2 Å². The molecule has 25 heavy (non-hydrogen) atoms. The van der Waals surface area contributed by atoms with Gasteiger partial charge in [-0.15, -0.1) is 0 Å². The molecule has 0 bridgehead atoms. The number of hydrogen-bond donors (Lipinski definition) is 1. The highest BCUT2D eigenvalue weighted by Crippen LogP contribution is 2.22. The third kappa shape index (κ3) is 3.20. The third-order valence-corrected chi connectivity index (χ3v) is 4.39. The Kier molecular flexibility index (Phi) is 4.70. The lowest BCUT2D eigenvalue weighted by molar-refractivity contribution is 0.708. The van der Waals surface area contributed by atoms with Gasteiger partial charge in [-0.2, -0.15) is 0 Å². The van der Waals surface area contributed by atoms with Crippen LogP contribution in [-0.4, -0.2) is 14.1 Å². The number of aromatic nitrogens is 3. The highest BCUT2D eigenvalue weighted by molar-refractivity contribution is 5.90. The zero-order valence-corrected chi connectivity index (χ0v) is 14.7. The molecule has 0 unspecified atom stereocenters. The second-order valence-electron chi connectivity index (χ2n) is 6.19. The van der Waals surface area contributed by atoms with Gasteiger partial charge < -0.3 is 5.32 Å². The fraction of sp³-hybridized carbons (Fsp3) is 0.316. The summed E-state index contributed by atoms with van der Waals surface area (Å²) in [7, 11) is 3.09. The van der Waals surface area contributed by atoms with Crippen molar-refractivity contribution >= 4 is 22.4 Å². The smallest absolute Gasteiger partial charge is 0.332 e. The quantitative estimate of drug-likeness (QED) is 0.777. The van der Waals surface area contributed by atoms with Crippen LogP contribution < -0.4 is 16.6 Å². The van der Waals surface area contributed by atoms with Crippen LogP contribution in [0.15, 0.2) is 46.1 Å². The summed E-state index contributed by atoms with van der Waals surface area (Å²) in [4.78, 5) is 28.8. The first kappa shape index (κ1) is 17.0. The molecule has 0 radical (unpaired) electrons. The molecule has 1 aromatic carbocycles. The molecule has 0 atom stereocenters. The van der Waals surface area contributed by atoms with E-state index in [2.05, 4.69) is 29.4 Å². The Morgan fingerprint density at radius 3 is 2.44 bits per heavy atom. The van der Waals surface area contributed by atoms with E-state index < -0.39 is 0 Å². The van der Waals surface area contributed by atoms with Crippen molar-refractivity contribution in [3.63, 3.8) is 0 Å². The first-order valence-corrected chi connectivity index (χ1v) is 8.43. The highest BCUT2D eigenvalue weighted by atomic mass is 16.2. The number of unbranched alkanes of at least 4 members (excludes halogenated alkanes) is 1. The van der Waals surface area contributed by atoms with Gasteiger partial charge in [0.2, 0.25) is 0 Å². The molecule has 2 aromatic heterocycles. The molecule has 0 aliphatic heterocycles. The van der Waals surface area contributed by atoms with E-state index in [9.17, 15) is 9.59 Å². The van der Waals surface area contributed by atoms with Gasteiger partial charge in [0.15, 0.2) is 5.65 Å². The molecule has 6 heteroatoms. The fourth-order valence-electron chi connectivity index (χ4n) is 2.88. The van der Waals surface area contributed by atoms with Gasteiger partial charge in [0, 0.05) is 26.0 Å². The predicted molar refractivity (Wildman–Crippen MR) is 101 cm³/mol. The monoisotopic (exact) mass is 338 g/mol. The van der Waals surface area contributed by atoms with Crippen molar-refractivity contribution in [2.45, 2.75) is 26.2 Å². The lowest BCUT2D eigenvalue weighted by Crippen LogP contribution is -2.37. The van der Waals surface area contributed by atoms with Crippen molar-refractivity contribution in [3.8, 4) is 0 Å². The van der Waals surface area contributed by atoms with E-state index in [0.717, 1.165) is 16.7 Å². The first-order valence-electron chi connectivity index (χ1n) is 8.43. The molecule has 3 rings (SSSR count). The van der Waals surface area contributed by atoms with Crippen LogP contribution in [0.4, 0.5) is 11.4 Å². The molecule has 6 nitrogen and oxygen atoms in total. The molecule has 130 valence electrons. The van der Waals surface area contributed by atoms with Crippen LogP contribution in [0.3, 0.4) is 0 Å². The SMILES string of the molecule is CCCCc1ccc(Nc2ccnc3c2c(=O)n(C)c(=O)n3C)cc1. The van der Waals surface area contributed by atoms with Crippen molar-refractivity contribution in [1.29, 1.82) is 0 Å². The maximum Gasteiger partial charge on any atom is 0.332 e. The molecule has 0 aliphatic carbocycles. The van der Waals surface area contributed by atoms with Crippen molar-refractivity contribution in [1.82, 2.24) is 14.1 Å². The van der Waals surface area contributed by atoms with E-state index in [1.54, 1.807) is 19.3 Å². The number of anilines is 2. The summed E-state index contributed by atoms with van der Waals surface area (Å²) in [6.07, 6.45) is 5.01. The lowest BCUT2D eigenvalue weighted by Gasteiger charge is -2.12. The number of nitrogens with zero attached hydrogens (tertiary/aromatic N) is 3. The molecule has 0 saturated heterocycles. The van der Waals surface area contributed by atoms with Gasteiger partial charge in [-0.05, 0) is 36.6 Å². The molecule has 0 aliphatic rings. The van der Waals surface area contributed by atoms with E-state index >= 15 is 0 Å². The van der Waals surface area contributed by atoms with E-state index in [4.69, 9.17) is 0 Å². The largest absolute Gasteiger partial charge is 0.355 e. The summed E-state index contributed by atoms with van der Waals surface area (Å²) in [6, 6.07) is 9.94. The minimum absolute atomic E-state index is 0.353. The topological polar surface area (TPSA) is 68.9 Å². The molecule has 0 amide bonds. The van der Waals surface area contributed by atoms with Gasteiger partial charge >= 0.3 is 5.69 Å². The standard InChI is InChI=1S/C19H22N4O2/c1-4-5-6-13-7-9-14(10-8-13)21-15-11-12-20-17-16(15)18(24)23(3)19(25)22(17)2/h7-12H,4-6H2,1-3H3,(H,20,21). The van der Waals surface area contributed by atoms with E-state index in [1.165, 1.54) is 30.0 Å². The molecule has 0 fully saturated rings. The van der Waals surface area contributed by atoms with Crippen LogP contribution >= 0.6 is 0 Å². The minimum atomic E-state index is -0.387. The molecular weight excluding hydrogens is 316 g/mol. The Hall–Kier alpha value is -2.89. The summed E-state index contributed by atoms with van der Waals surface area (Å²) in [5, 5.41) is 3.68. The van der Waals surface area contributed by atoms with Gasteiger partial charge in [0.1, 0.15) is 5.39 Å². The molecule has 3 aromatic rings. The second-order valence-corrected chi connectivity index (χ2v) is 6.19. The predicted octanol–water partition coefficient (Wildman–Crippen LogP) is 2.72. The molecule has 1 N–H and O–H groups in total. The van der Waals surface area contributed by atoms with Crippen LogP contribution in [0.2, 0.25) is 0 Å². The number of fused-ring (bicyclic) bond motifs is 1. The maximum absolute atomic E-state index is 12.6. The van der Waals surface area contributed by atoms with Crippen molar-refractivity contribution in [2.75, 3.05) is 5.32 Å². The molecule has 2 heterocycles. The lowest BCUT2D eigenvalue weighted by atomic mass is 10.1. The summed E-state index contributed by atoms with van der Waals surface area (Å²) in [5.74, 6) is 0. The zero-order valence-electron chi connectivity index (χ0n) is 14.7. The Morgan fingerprint density at radius 2 is 1.76 bits per heavy atom. The zero-order chi connectivity index (χ0) is 18.0. The number of aryl methyl sites for hydroxylation is 2. The van der Waals surface area contributed by atoms with Crippen LogP contribution in [0.25, 0.3) is 11.0 Å². The normalized spacial score (nSPS) is 11.0. The Bertz CT molecular complexity index is 1020. The summed E-state index contributed by atoms with van der Waals surface area (Å²) >= 11 is 0. The van der Waals surface area contributed by atoms with Crippen LogP contribution in [0.1, 0.15) is 25.3 Å². The highest BCUT2D eigenvalue weighted by Gasteiger charge is 2.13. The van der Waals surface area contributed by atoms with E-state index in [1.807, 2.05) is 12.1 Å². The van der Waals surface area contributed by atoms with Gasteiger partial charge in [0.25, 0.3) is 5.56 Å². The number of benzene rings is 1. The number of rotatable bonds is 5. The van der Waals surface area contributed by atoms with Crippen molar-refractivity contribution in [3.05, 3.63) is 62.9 Å². The average Bonchev–Trinajstić information content (AvgIpc) is 2.64. The minimum Gasteiger partial charge on any atom is -0.355 e. The number of pyridine rings is 1. The molecule has 0 spiro atoms. The third-order valence-electron chi connectivity index (χ3n) is 4.39. The van der Waals surface area contributed by atoms with Crippen LogP contribution in [0.5, 0.6) is 0 Å². The average molecular weight is 338 g/mol. The summed E-state index contributed by atoms with van der Waals surface area (Å²) < 4.78 is 2.48. The number of nitrogens with one attached hydrogen (secondary N) is 1. The molecular formula is C19H22N4O2. The van der Waals surface area contributed by atoms with Crippen LogP contribution in [-0.2, 0) is 20.5 Å². The summed E-state index contributed by atoms with van der Waals surface area (Å²) in [6.45, 7) is 2.18. The van der Waals surface area contributed by atoms with Gasteiger partial charge in [0.05, 0.1) is 5.69 Å².